The van der Waals surface area contributed by atoms with Crippen LogP contribution < -0.4 is 5.32 Å². The molecule has 0 atom stereocenters. The predicted molar refractivity (Wildman–Crippen MR) is 82.8 cm³/mol. The lowest BCUT2D eigenvalue weighted by Gasteiger charge is -2.17. The summed E-state index contributed by atoms with van der Waals surface area (Å²) in [6.07, 6.45) is 8.41. The van der Waals surface area contributed by atoms with Crippen molar-refractivity contribution in [1.29, 1.82) is 0 Å². The van der Waals surface area contributed by atoms with Crippen LogP contribution in [0.25, 0.3) is 5.82 Å². The third kappa shape index (κ3) is 2.51. The summed E-state index contributed by atoms with van der Waals surface area (Å²) in [7, 11) is 0. The first-order chi connectivity index (χ1) is 10.7. The van der Waals surface area contributed by atoms with Gasteiger partial charge in [0.15, 0.2) is 5.82 Å². The number of carbonyl (C=O) groups is 1. The minimum atomic E-state index is 0.00322. The molecule has 0 bridgehead atoms. The van der Waals surface area contributed by atoms with Gasteiger partial charge in [-0.05, 0) is 56.6 Å². The van der Waals surface area contributed by atoms with Crippen molar-refractivity contribution in [3.05, 3.63) is 41.9 Å². The molecule has 0 spiro atoms. The van der Waals surface area contributed by atoms with Crippen LogP contribution in [0.3, 0.4) is 0 Å². The summed E-state index contributed by atoms with van der Waals surface area (Å²) < 4.78 is 1.72. The molecular weight excluding hydrogens is 276 g/mol. The smallest absolute Gasteiger partial charge is 0.254 e. The van der Waals surface area contributed by atoms with E-state index in [9.17, 15) is 4.79 Å². The molecule has 2 saturated carbocycles. The van der Waals surface area contributed by atoms with E-state index in [1.807, 2.05) is 25.1 Å². The summed E-state index contributed by atoms with van der Waals surface area (Å²) in [5, 5.41) is 7.58. The molecule has 0 saturated heterocycles. The lowest BCUT2D eigenvalue weighted by atomic mass is 10.1. The summed E-state index contributed by atoms with van der Waals surface area (Å²) >= 11 is 0. The Morgan fingerprint density at radius 2 is 2.00 bits per heavy atom. The standard InChI is InChI=1S/C17H20N4O/c1-11-14(10-19-21(11)15-4-2-3-9-18-15)17(22)20-16(12-5-6-12)13-7-8-13/h2-4,9-10,12-13,16H,5-8H2,1H3,(H,20,22). The Labute approximate surface area is 129 Å². The fourth-order valence-electron chi connectivity index (χ4n) is 3.10. The highest BCUT2D eigenvalue weighted by atomic mass is 16.1. The average molecular weight is 296 g/mol. The van der Waals surface area contributed by atoms with Crippen LogP contribution in [0.1, 0.15) is 41.7 Å². The van der Waals surface area contributed by atoms with Crippen molar-refractivity contribution in [2.24, 2.45) is 11.8 Å². The predicted octanol–water partition coefficient (Wildman–Crippen LogP) is 2.49. The Morgan fingerprint density at radius 1 is 1.27 bits per heavy atom. The molecule has 5 nitrogen and oxygen atoms in total. The molecule has 0 aliphatic heterocycles. The van der Waals surface area contributed by atoms with Gasteiger partial charge in [0.05, 0.1) is 17.5 Å². The molecule has 2 aliphatic carbocycles. The number of nitrogens with one attached hydrogen (secondary N) is 1. The number of pyridine rings is 1. The van der Waals surface area contributed by atoms with Gasteiger partial charge in [-0.1, -0.05) is 6.07 Å². The third-order valence-electron chi connectivity index (χ3n) is 4.68. The SMILES string of the molecule is Cc1c(C(=O)NC(C2CC2)C2CC2)cnn1-c1ccccn1. The number of rotatable bonds is 5. The van der Waals surface area contributed by atoms with Gasteiger partial charge in [0.25, 0.3) is 5.91 Å². The van der Waals surface area contributed by atoms with Gasteiger partial charge in [-0.2, -0.15) is 5.10 Å². The van der Waals surface area contributed by atoms with Crippen LogP contribution in [0.15, 0.2) is 30.6 Å². The lowest BCUT2D eigenvalue weighted by molar-refractivity contribution is 0.0925. The van der Waals surface area contributed by atoms with Gasteiger partial charge in [0.1, 0.15) is 0 Å². The minimum absolute atomic E-state index is 0.00322. The summed E-state index contributed by atoms with van der Waals surface area (Å²) in [5.74, 6) is 2.13. The van der Waals surface area contributed by atoms with Gasteiger partial charge in [-0.25, -0.2) is 9.67 Å². The molecule has 1 amide bonds. The molecular formula is C17H20N4O. The zero-order chi connectivity index (χ0) is 15.1. The normalized spacial score (nSPS) is 17.7. The Bertz CT molecular complexity index is 674. The van der Waals surface area contributed by atoms with Crippen LogP contribution in [0.2, 0.25) is 0 Å². The van der Waals surface area contributed by atoms with E-state index < -0.39 is 0 Å². The Balaban J connectivity index is 1.55. The Hall–Kier alpha value is -2.17. The van der Waals surface area contributed by atoms with Crippen molar-refractivity contribution < 1.29 is 4.79 Å². The van der Waals surface area contributed by atoms with Crippen molar-refractivity contribution in [3.8, 4) is 5.82 Å². The van der Waals surface area contributed by atoms with Crippen molar-refractivity contribution >= 4 is 5.91 Å². The maximum absolute atomic E-state index is 12.6. The highest BCUT2D eigenvalue weighted by Crippen LogP contribution is 2.44. The molecule has 5 heteroatoms. The number of nitrogens with zero attached hydrogens (tertiary/aromatic N) is 3. The first-order valence-corrected chi connectivity index (χ1v) is 8.01. The second kappa shape index (κ2) is 5.23. The van der Waals surface area contributed by atoms with E-state index >= 15 is 0 Å². The largest absolute Gasteiger partial charge is 0.349 e. The van der Waals surface area contributed by atoms with Gasteiger partial charge in [-0.15, -0.1) is 0 Å². The second-order valence-corrected chi connectivity index (χ2v) is 6.42. The van der Waals surface area contributed by atoms with Gasteiger partial charge < -0.3 is 5.32 Å². The van der Waals surface area contributed by atoms with Gasteiger partial charge >= 0.3 is 0 Å². The molecule has 2 fully saturated rings. The van der Waals surface area contributed by atoms with Crippen molar-refractivity contribution in [2.45, 2.75) is 38.6 Å². The fourth-order valence-corrected chi connectivity index (χ4v) is 3.10. The van der Waals surface area contributed by atoms with E-state index in [1.165, 1.54) is 25.7 Å². The van der Waals surface area contributed by atoms with E-state index in [2.05, 4.69) is 15.4 Å². The Kier molecular flexibility index (Phi) is 3.21. The molecule has 0 radical (unpaired) electrons. The molecule has 0 unspecified atom stereocenters. The van der Waals surface area contributed by atoms with Crippen LogP contribution in [0, 0.1) is 18.8 Å². The minimum Gasteiger partial charge on any atom is -0.349 e. The molecule has 2 aliphatic rings. The number of carbonyl (C=O) groups excluding carboxylic acids is 1. The highest BCUT2D eigenvalue weighted by molar-refractivity contribution is 5.95. The maximum atomic E-state index is 12.6. The lowest BCUT2D eigenvalue weighted by Crippen LogP contribution is -2.38. The second-order valence-electron chi connectivity index (χ2n) is 6.42. The summed E-state index contributed by atoms with van der Waals surface area (Å²) in [4.78, 5) is 16.9. The Morgan fingerprint density at radius 3 is 2.59 bits per heavy atom. The topological polar surface area (TPSA) is 59.8 Å². The number of amides is 1. The van der Waals surface area contributed by atoms with Gasteiger partial charge in [-0.3, -0.25) is 4.79 Å². The van der Waals surface area contributed by atoms with E-state index in [4.69, 9.17) is 0 Å². The first kappa shape index (κ1) is 13.5. The van der Waals surface area contributed by atoms with Gasteiger partial charge in [0, 0.05) is 12.2 Å². The molecule has 22 heavy (non-hydrogen) atoms. The quantitative estimate of drug-likeness (QED) is 0.922. The molecule has 2 heterocycles. The zero-order valence-corrected chi connectivity index (χ0v) is 12.7. The number of hydrogen-bond donors (Lipinski definition) is 1. The fraction of sp³-hybridized carbons (Fsp3) is 0.471. The van der Waals surface area contributed by atoms with E-state index in [-0.39, 0.29) is 5.91 Å². The number of hydrogen-bond acceptors (Lipinski definition) is 3. The van der Waals surface area contributed by atoms with Crippen molar-refractivity contribution in [2.75, 3.05) is 0 Å². The molecule has 1 N–H and O–H groups in total. The van der Waals surface area contributed by atoms with E-state index in [0.717, 1.165) is 11.5 Å². The van der Waals surface area contributed by atoms with E-state index in [0.29, 0.717) is 23.4 Å². The number of aromatic nitrogens is 3. The molecule has 0 aromatic carbocycles. The van der Waals surface area contributed by atoms with Crippen LogP contribution in [0.5, 0.6) is 0 Å². The monoisotopic (exact) mass is 296 g/mol. The molecule has 114 valence electrons. The zero-order valence-electron chi connectivity index (χ0n) is 12.7. The van der Waals surface area contributed by atoms with Crippen LogP contribution in [0.4, 0.5) is 0 Å². The molecule has 4 rings (SSSR count). The van der Waals surface area contributed by atoms with E-state index in [1.54, 1.807) is 17.1 Å². The van der Waals surface area contributed by atoms with Crippen LogP contribution in [-0.2, 0) is 0 Å². The molecule has 2 aromatic rings. The van der Waals surface area contributed by atoms with Crippen molar-refractivity contribution in [3.63, 3.8) is 0 Å². The maximum Gasteiger partial charge on any atom is 0.254 e. The molecule has 2 aromatic heterocycles. The van der Waals surface area contributed by atoms with Crippen molar-refractivity contribution in [1.82, 2.24) is 20.1 Å². The van der Waals surface area contributed by atoms with Crippen LogP contribution in [-0.4, -0.2) is 26.7 Å². The first-order valence-electron chi connectivity index (χ1n) is 8.01. The van der Waals surface area contributed by atoms with Crippen LogP contribution >= 0.6 is 0 Å². The average Bonchev–Trinajstić information content (AvgIpc) is 3.44. The summed E-state index contributed by atoms with van der Waals surface area (Å²) in [5.41, 5.74) is 1.48. The van der Waals surface area contributed by atoms with Gasteiger partial charge in [0.2, 0.25) is 0 Å². The summed E-state index contributed by atoms with van der Waals surface area (Å²) in [6, 6.07) is 6.04. The highest BCUT2D eigenvalue weighted by Gasteiger charge is 2.42. The summed E-state index contributed by atoms with van der Waals surface area (Å²) in [6.45, 7) is 1.92. The third-order valence-corrected chi connectivity index (χ3v) is 4.68.